The molecule has 0 amide bonds. The molecule has 0 radical (unpaired) electrons. The second-order valence-electron chi connectivity index (χ2n) is 6.03. The van der Waals surface area contributed by atoms with Crippen LogP contribution in [0.2, 0.25) is 0 Å². The second-order valence-corrected chi connectivity index (χ2v) is 6.03. The normalized spacial score (nSPS) is 18.1. The van der Waals surface area contributed by atoms with Crippen LogP contribution in [0, 0.1) is 11.3 Å². The summed E-state index contributed by atoms with van der Waals surface area (Å²) in [6.45, 7) is 1.69. The van der Waals surface area contributed by atoms with Crippen molar-refractivity contribution in [2.24, 2.45) is 0 Å². The van der Waals surface area contributed by atoms with E-state index >= 15 is 0 Å². The summed E-state index contributed by atoms with van der Waals surface area (Å²) in [6, 6.07) is 8.17. The minimum absolute atomic E-state index is 0.400. The van der Waals surface area contributed by atoms with Gasteiger partial charge in [0, 0.05) is 11.6 Å². The zero-order valence-corrected chi connectivity index (χ0v) is 12.8. The SMILES string of the molecule is CN1CCC(C#N)(c2nc(-c3ccc4cc[nH]c4n3)no2)CC1. The summed E-state index contributed by atoms with van der Waals surface area (Å²) in [5.41, 5.74) is 0.730. The maximum absolute atomic E-state index is 9.66. The van der Waals surface area contributed by atoms with Gasteiger partial charge in [-0.05, 0) is 51.2 Å². The molecule has 7 nitrogen and oxygen atoms in total. The maximum atomic E-state index is 9.66. The first-order valence-corrected chi connectivity index (χ1v) is 7.59. The Morgan fingerprint density at radius 3 is 2.87 bits per heavy atom. The Balaban J connectivity index is 1.69. The molecule has 1 N–H and O–H groups in total. The van der Waals surface area contributed by atoms with Crippen molar-refractivity contribution in [3.63, 3.8) is 0 Å². The molecular weight excluding hydrogens is 292 g/mol. The number of rotatable bonds is 2. The Bertz CT molecular complexity index is 881. The van der Waals surface area contributed by atoms with Crippen LogP contribution in [0.1, 0.15) is 18.7 Å². The molecule has 1 saturated heterocycles. The van der Waals surface area contributed by atoms with Gasteiger partial charge in [-0.15, -0.1) is 0 Å². The van der Waals surface area contributed by atoms with Gasteiger partial charge in [-0.3, -0.25) is 0 Å². The van der Waals surface area contributed by atoms with Crippen LogP contribution in [0.25, 0.3) is 22.6 Å². The fourth-order valence-electron chi connectivity index (χ4n) is 2.95. The van der Waals surface area contributed by atoms with Crippen LogP contribution in [0.4, 0.5) is 0 Å². The number of hydrogen-bond donors (Lipinski definition) is 1. The lowest BCUT2D eigenvalue weighted by Crippen LogP contribution is -2.40. The molecule has 4 heterocycles. The Hall–Kier alpha value is -2.72. The molecule has 1 aliphatic rings. The van der Waals surface area contributed by atoms with E-state index in [1.54, 1.807) is 0 Å². The van der Waals surface area contributed by atoms with Gasteiger partial charge in [0.2, 0.25) is 11.7 Å². The van der Waals surface area contributed by atoms with Crippen molar-refractivity contribution in [3.05, 3.63) is 30.3 Å². The van der Waals surface area contributed by atoms with Gasteiger partial charge < -0.3 is 14.4 Å². The molecule has 0 atom stereocenters. The molecule has 0 unspecified atom stereocenters. The average molecular weight is 308 g/mol. The van der Waals surface area contributed by atoms with Gasteiger partial charge in [0.25, 0.3) is 0 Å². The number of nitrogens with zero attached hydrogens (tertiary/aromatic N) is 5. The highest BCUT2D eigenvalue weighted by molar-refractivity contribution is 5.77. The number of aromatic amines is 1. The van der Waals surface area contributed by atoms with Crippen LogP contribution >= 0.6 is 0 Å². The van der Waals surface area contributed by atoms with Crippen molar-refractivity contribution < 1.29 is 4.52 Å². The topological polar surface area (TPSA) is 94.6 Å². The van der Waals surface area contributed by atoms with E-state index < -0.39 is 5.41 Å². The number of pyridine rings is 1. The van der Waals surface area contributed by atoms with Crippen LogP contribution in [-0.4, -0.2) is 45.1 Å². The fourth-order valence-corrected chi connectivity index (χ4v) is 2.95. The van der Waals surface area contributed by atoms with E-state index in [1.165, 1.54) is 0 Å². The molecule has 1 aliphatic heterocycles. The number of nitrogens with one attached hydrogen (secondary N) is 1. The Morgan fingerprint density at radius 2 is 2.09 bits per heavy atom. The monoisotopic (exact) mass is 308 g/mol. The number of piperidine rings is 1. The third-order valence-corrected chi connectivity index (χ3v) is 4.53. The van der Waals surface area contributed by atoms with Gasteiger partial charge >= 0.3 is 0 Å². The number of H-pyrrole nitrogens is 1. The molecule has 0 bridgehead atoms. The van der Waals surface area contributed by atoms with Gasteiger partial charge in [-0.1, -0.05) is 5.16 Å². The Morgan fingerprint density at radius 1 is 1.26 bits per heavy atom. The molecule has 3 aromatic rings. The Labute approximate surface area is 132 Å². The van der Waals surface area contributed by atoms with E-state index in [9.17, 15) is 5.26 Å². The van der Waals surface area contributed by atoms with Crippen LogP contribution in [0.3, 0.4) is 0 Å². The van der Waals surface area contributed by atoms with Crippen molar-refractivity contribution in [2.75, 3.05) is 20.1 Å². The Kier molecular flexibility index (Phi) is 3.13. The summed E-state index contributed by atoms with van der Waals surface area (Å²) in [5.74, 6) is 0.821. The van der Waals surface area contributed by atoms with Crippen LogP contribution < -0.4 is 0 Å². The summed E-state index contributed by atoms with van der Waals surface area (Å²) in [4.78, 5) is 14.2. The molecule has 1 fully saturated rings. The summed E-state index contributed by atoms with van der Waals surface area (Å²) in [5, 5.41) is 14.7. The quantitative estimate of drug-likeness (QED) is 0.779. The number of fused-ring (bicyclic) bond motifs is 1. The first kappa shape index (κ1) is 13.9. The lowest BCUT2D eigenvalue weighted by Gasteiger charge is -2.32. The smallest absolute Gasteiger partial charge is 0.247 e. The minimum atomic E-state index is -0.686. The van der Waals surface area contributed by atoms with E-state index in [0.717, 1.165) is 24.1 Å². The number of likely N-dealkylation sites (tertiary alicyclic amines) is 1. The molecule has 4 rings (SSSR count). The van der Waals surface area contributed by atoms with Crippen molar-refractivity contribution in [2.45, 2.75) is 18.3 Å². The largest absolute Gasteiger partial charge is 0.346 e. The predicted molar refractivity (Wildman–Crippen MR) is 83.4 cm³/mol. The predicted octanol–water partition coefficient (Wildman–Crippen LogP) is 2.10. The van der Waals surface area contributed by atoms with E-state index in [4.69, 9.17) is 4.52 Å². The molecule has 3 aromatic heterocycles. The van der Waals surface area contributed by atoms with Gasteiger partial charge in [-0.25, -0.2) is 4.98 Å². The lowest BCUT2D eigenvalue weighted by atomic mass is 9.80. The molecular formula is C16H16N6O. The second kappa shape index (κ2) is 5.18. The molecule has 0 saturated carbocycles. The van der Waals surface area contributed by atoms with Crippen molar-refractivity contribution in [1.82, 2.24) is 25.0 Å². The highest BCUT2D eigenvalue weighted by Gasteiger charge is 2.41. The van der Waals surface area contributed by atoms with E-state index in [1.807, 2.05) is 24.4 Å². The zero-order chi connectivity index (χ0) is 15.9. The number of hydrogen-bond acceptors (Lipinski definition) is 6. The van der Waals surface area contributed by atoms with Crippen LogP contribution in [-0.2, 0) is 5.41 Å². The zero-order valence-electron chi connectivity index (χ0n) is 12.8. The summed E-state index contributed by atoms with van der Waals surface area (Å²) in [7, 11) is 2.05. The highest BCUT2D eigenvalue weighted by Crippen LogP contribution is 2.34. The molecule has 7 heteroatoms. The van der Waals surface area contributed by atoms with E-state index in [2.05, 4.69) is 38.1 Å². The van der Waals surface area contributed by atoms with E-state index in [0.29, 0.717) is 30.3 Å². The van der Waals surface area contributed by atoms with Gasteiger partial charge in [-0.2, -0.15) is 10.2 Å². The minimum Gasteiger partial charge on any atom is -0.346 e. The summed E-state index contributed by atoms with van der Waals surface area (Å²) < 4.78 is 5.43. The number of nitriles is 1. The lowest BCUT2D eigenvalue weighted by molar-refractivity contribution is 0.189. The van der Waals surface area contributed by atoms with Crippen molar-refractivity contribution in [1.29, 1.82) is 5.26 Å². The van der Waals surface area contributed by atoms with Gasteiger partial charge in [0.1, 0.15) is 16.8 Å². The first-order chi connectivity index (χ1) is 11.2. The summed E-state index contributed by atoms with van der Waals surface area (Å²) >= 11 is 0. The third kappa shape index (κ3) is 2.28. The first-order valence-electron chi connectivity index (χ1n) is 7.59. The van der Waals surface area contributed by atoms with Crippen molar-refractivity contribution >= 4 is 11.0 Å². The van der Waals surface area contributed by atoms with Gasteiger partial charge in [0.05, 0.1) is 6.07 Å². The number of aromatic nitrogens is 4. The van der Waals surface area contributed by atoms with Crippen LogP contribution in [0.15, 0.2) is 28.9 Å². The standard InChI is InChI=1S/C16H16N6O/c1-22-8-5-16(10-17,6-9-22)15-20-14(21-23-15)12-3-2-11-4-7-18-13(11)19-12/h2-4,7H,5-6,8-9H2,1H3,(H,18,19). The molecule has 23 heavy (non-hydrogen) atoms. The fraction of sp³-hybridized carbons (Fsp3) is 0.375. The third-order valence-electron chi connectivity index (χ3n) is 4.53. The molecule has 116 valence electrons. The molecule has 0 aliphatic carbocycles. The van der Waals surface area contributed by atoms with E-state index in [-0.39, 0.29) is 0 Å². The molecule has 0 aromatic carbocycles. The van der Waals surface area contributed by atoms with Crippen LogP contribution in [0.5, 0.6) is 0 Å². The molecule has 0 spiro atoms. The average Bonchev–Trinajstić information content (AvgIpc) is 3.24. The van der Waals surface area contributed by atoms with Crippen molar-refractivity contribution in [3.8, 4) is 17.6 Å². The summed E-state index contributed by atoms with van der Waals surface area (Å²) in [6.07, 6.45) is 3.24. The maximum Gasteiger partial charge on any atom is 0.247 e. The van der Waals surface area contributed by atoms with Gasteiger partial charge in [0.15, 0.2) is 0 Å². The highest BCUT2D eigenvalue weighted by atomic mass is 16.5.